The molecule has 0 aromatic heterocycles. The molecule has 92 valence electrons. The summed E-state index contributed by atoms with van der Waals surface area (Å²) in [7, 11) is 0. The van der Waals surface area contributed by atoms with E-state index >= 15 is 0 Å². The summed E-state index contributed by atoms with van der Waals surface area (Å²) < 4.78 is 10.3. The van der Waals surface area contributed by atoms with E-state index in [4.69, 9.17) is 9.47 Å². The van der Waals surface area contributed by atoms with Gasteiger partial charge in [0.25, 0.3) is 5.23 Å². The lowest BCUT2D eigenvalue weighted by Gasteiger charge is -2.04. The molecule has 0 N–H and O–H groups in total. The summed E-state index contributed by atoms with van der Waals surface area (Å²) in [6.07, 6.45) is 1.99. The second-order valence-electron chi connectivity index (χ2n) is 3.11. The molecule has 1 amide bonds. The van der Waals surface area contributed by atoms with E-state index in [9.17, 15) is 4.79 Å². The molecule has 5 heteroatoms. The van der Waals surface area contributed by atoms with Gasteiger partial charge in [-0.15, -0.1) is 4.99 Å². The standard InChI is InChI=1S/C12H15NO3S/c1-3-9-15-12(17-2)13-11(14)16-10-7-5-4-6-8-10/h4-8H,3,9H2,1-2H3/b13-12-. The Morgan fingerprint density at radius 2 is 2.06 bits per heavy atom. The molecule has 0 bridgehead atoms. The Bertz CT molecular complexity index is 379. The van der Waals surface area contributed by atoms with E-state index in [-0.39, 0.29) is 0 Å². The number of carbonyl (C=O) groups excluding carboxylic acids is 1. The van der Waals surface area contributed by atoms with Crippen LogP contribution in [-0.4, -0.2) is 24.2 Å². The number of hydrogen-bond donors (Lipinski definition) is 0. The molecule has 0 saturated heterocycles. The Morgan fingerprint density at radius 3 is 2.65 bits per heavy atom. The highest BCUT2D eigenvalue weighted by Gasteiger charge is 2.06. The van der Waals surface area contributed by atoms with Crippen molar-refractivity contribution in [2.75, 3.05) is 12.9 Å². The molecule has 0 aliphatic heterocycles. The highest BCUT2D eigenvalue weighted by Crippen LogP contribution is 2.10. The third-order valence-corrected chi connectivity index (χ3v) is 2.29. The summed E-state index contributed by atoms with van der Waals surface area (Å²) in [5.74, 6) is 0.470. The van der Waals surface area contributed by atoms with Gasteiger partial charge in [-0.05, 0) is 24.8 Å². The van der Waals surface area contributed by atoms with Crippen molar-refractivity contribution < 1.29 is 14.3 Å². The van der Waals surface area contributed by atoms with Crippen LogP contribution >= 0.6 is 11.8 Å². The summed E-state index contributed by atoms with van der Waals surface area (Å²) in [6.45, 7) is 2.53. The van der Waals surface area contributed by atoms with Gasteiger partial charge in [-0.2, -0.15) is 0 Å². The van der Waals surface area contributed by atoms with Crippen LogP contribution in [0.25, 0.3) is 0 Å². The third-order valence-electron chi connectivity index (χ3n) is 1.74. The Morgan fingerprint density at radius 1 is 1.35 bits per heavy atom. The van der Waals surface area contributed by atoms with Crippen LogP contribution < -0.4 is 4.74 Å². The Hall–Kier alpha value is -1.49. The monoisotopic (exact) mass is 253 g/mol. The number of para-hydroxylation sites is 1. The SMILES string of the molecule is CCCO/C(=N/C(=O)Oc1ccccc1)SC. The maximum Gasteiger partial charge on any atom is 0.442 e. The fourth-order valence-corrected chi connectivity index (χ4v) is 1.38. The lowest BCUT2D eigenvalue weighted by molar-refractivity contribution is 0.210. The smallest absolute Gasteiger partial charge is 0.442 e. The summed E-state index contributed by atoms with van der Waals surface area (Å²) in [5, 5.41) is 0.327. The number of rotatable bonds is 3. The van der Waals surface area contributed by atoms with Crippen LogP contribution in [0.4, 0.5) is 4.79 Å². The van der Waals surface area contributed by atoms with E-state index in [2.05, 4.69) is 4.99 Å². The fraction of sp³-hybridized carbons (Fsp3) is 0.333. The first-order valence-electron chi connectivity index (χ1n) is 5.28. The highest BCUT2D eigenvalue weighted by atomic mass is 32.2. The molecule has 0 saturated carbocycles. The highest BCUT2D eigenvalue weighted by molar-refractivity contribution is 8.13. The minimum absolute atomic E-state index is 0.327. The van der Waals surface area contributed by atoms with Gasteiger partial charge in [-0.3, -0.25) is 0 Å². The largest absolute Gasteiger partial charge is 0.473 e. The van der Waals surface area contributed by atoms with Gasteiger partial charge in [-0.1, -0.05) is 36.9 Å². The predicted molar refractivity (Wildman–Crippen MR) is 69.7 cm³/mol. The molecule has 4 nitrogen and oxygen atoms in total. The molecule has 0 aliphatic rings. The maximum atomic E-state index is 11.4. The van der Waals surface area contributed by atoms with Crippen molar-refractivity contribution in [1.29, 1.82) is 0 Å². The zero-order valence-electron chi connectivity index (χ0n) is 9.88. The molecule has 0 unspecified atom stereocenters. The molecule has 0 aliphatic carbocycles. The number of ether oxygens (including phenoxy) is 2. The Labute approximate surface area is 105 Å². The van der Waals surface area contributed by atoms with Gasteiger partial charge in [0.05, 0.1) is 6.61 Å². The second kappa shape index (κ2) is 7.73. The third kappa shape index (κ3) is 5.40. The zero-order valence-corrected chi connectivity index (χ0v) is 10.7. The van der Waals surface area contributed by atoms with E-state index in [0.29, 0.717) is 17.6 Å². The number of hydrogen-bond acceptors (Lipinski definition) is 4. The van der Waals surface area contributed by atoms with Crippen LogP contribution in [0.3, 0.4) is 0 Å². The molecule has 1 rings (SSSR count). The first-order valence-corrected chi connectivity index (χ1v) is 6.51. The van der Waals surface area contributed by atoms with Gasteiger partial charge in [0.1, 0.15) is 5.75 Å². The van der Waals surface area contributed by atoms with Gasteiger partial charge in [0.15, 0.2) is 0 Å². The average molecular weight is 253 g/mol. The summed E-state index contributed by atoms with van der Waals surface area (Å²) in [4.78, 5) is 15.2. The molecular weight excluding hydrogens is 238 g/mol. The number of benzene rings is 1. The number of carbonyl (C=O) groups is 1. The quantitative estimate of drug-likeness (QED) is 0.612. The van der Waals surface area contributed by atoms with E-state index in [1.807, 2.05) is 13.0 Å². The van der Waals surface area contributed by atoms with Gasteiger partial charge in [-0.25, -0.2) is 4.79 Å². The Balaban J connectivity index is 2.54. The second-order valence-corrected chi connectivity index (χ2v) is 3.87. The van der Waals surface area contributed by atoms with E-state index in [1.165, 1.54) is 11.8 Å². The lowest BCUT2D eigenvalue weighted by atomic mass is 10.3. The first-order chi connectivity index (χ1) is 8.26. The van der Waals surface area contributed by atoms with Crippen molar-refractivity contribution in [2.24, 2.45) is 4.99 Å². The molecule has 0 atom stereocenters. The topological polar surface area (TPSA) is 47.9 Å². The van der Waals surface area contributed by atoms with Crippen molar-refractivity contribution in [3.8, 4) is 5.75 Å². The lowest BCUT2D eigenvalue weighted by Crippen LogP contribution is -2.08. The first kappa shape index (κ1) is 13.6. The van der Waals surface area contributed by atoms with Crippen molar-refractivity contribution >= 4 is 23.1 Å². The molecule has 0 heterocycles. The minimum Gasteiger partial charge on any atom is -0.473 e. The summed E-state index contributed by atoms with van der Waals surface area (Å²) >= 11 is 1.28. The van der Waals surface area contributed by atoms with E-state index < -0.39 is 6.09 Å². The van der Waals surface area contributed by atoms with Gasteiger partial charge >= 0.3 is 6.09 Å². The van der Waals surface area contributed by atoms with Crippen LogP contribution in [0.1, 0.15) is 13.3 Å². The minimum atomic E-state index is -0.670. The molecule has 1 aromatic carbocycles. The number of amides is 1. The van der Waals surface area contributed by atoms with Crippen molar-refractivity contribution in [1.82, 2.24) is 0 Å². The summed E-state index contributed by atoms with van der Waals surface area (Å²) in [6, 6.07) is 8.81. The molecular formula is C12H15NO3S. The summed E-state index contributed by atoms with van der Waals surface area (Å²) in [5.41, 5.74) is 0. The van der Waals surface area contributed by atoms with Crippen LogP contribution in [0.5, 0.6) is 5.75 Å². The van der Waals surface area contributed by atoms with Gasteiger partial charge in [0.2, 0.25) is 0 Å². The molecule has 1 aromatic rings. The average Bonchev–Trinajstić information content (AvgIpc) is 2.35. The molecule has 17 heavy (non-hydrogen) atoms. The normalized spacial score (nSPS) is 11.1. The molecule has 0 fully saturated rings. The van der Waals surface area contributed by atoms with Gasteiger partial charge < -0.3 is 9.47 Å². The van der Waals surface area contributed by atoms with Crippen LogP contribution in [-0.2, 0) is 4.74 Å². The van der Waals surface area contributed by atoms with Crippen molar-refractivity contribution in [2.45, 2.75) is 13.3 Å². The number of aliphatic imine (C=N–C) groups is 1. The van der Waals surface area contributed by atoms with E-state index in [0.717, 1.165) is 6.42 Å². The fourth-order valence-electron chi connectivity index (χ4n) is 1.01. The van der Waals surface area contributed by atoms with Crippen LogP contribution in [0.15, 0.2) is 35.3 Å². The van der Waals surface area contributed by atoms with Crippen molar-refractivity contribution in [3.05, 3.63) is 30.3 Å². The van der Waals surface area contributed by atoms with Crippen LogP contribution in [0, 0.1) is 0 Å². The predicted octanol–water partition coefficient (Wildman–Crippen LogP) is 3.33. The van der Waals surface area contributed by atoms with Crippen molar-refractivity contribution in [3.63, 3.8) is 0 Å². The van der Waals surface area contributed by atoms with E-state index in [1.54, 1.807) is 30.5 Å². The maximum absolute atomic E-state index is 11.4. The van der Waals surface area contributed by atoms with Crippen LogP contribution in [0.2, 0.25) is 0 Å². The van der Waals surface area contributed by atoms with Gasteiger partial charge in [0, 0.05) is 0 Å². The zero-order chi connectivity index (χ0) is 12.5. The number of nitrogens with zero attached hydrogens (tertiary/aromatic N) is 1. The molecule has 0 radical (unpaired) electrons. The molecule has 0 spiro atoms. The Kier molecular flexibility index (Phi) is 6.17. The number of thioether (sulfide) groups is 1.